The molecule has 1 aromatic heterocycles. The molecule has 2 saturated heterocycles. The van der Waals surface area contributed by atoms with Crippen LogP contribution in [0.5, 0.6) is 0 Å². The van der Waals surface area contributed by atoms with Gasteiger partial charge in [0.25, 0.3) is 0 Å². The fourth-order valence-electron chi connectivity index (χ4n) is 3.00. The van der Waals surface area contributed by atoms with E-state index in [4.69, 9.17) is 4.98 Å². The third-order valence-electron chi connectivity index (χ3n) is 3.98. The molecule has 0 unspecified atom stereocenters. The van der Waals surface area contributed by atoms with E-state index in [1.54, 1.807) is 0 Å². The first kappa shape index (κ1) is 11.0. The first-order valence-electron chi connectivity index (χ1n) is 6.80. The van der Waals surface area contributed by atoms with Gasteiger partial charge in [-0.15, -0.1) is 0 Å². The summed E-state index contributed by atoms with van der Waals surface area (Å²) < 4.78 is 0. The fourth-order valence-corrected chi connectivity index (χ4v) is 3.00. The fraction of sp³-hybridized carbons (Fsp3) is 0.643. The van der Waals surface area contributed by atoms with Crippen molar-refractivity contribution in [2.24, 2.45) is 0 Å². The molecule has 3 heteroatoms. The Morgan fingerprint density at radius 3 is 2.71 bits per heavy atom. The molecule has 3 heterocycles. The number of aryl methyl sites for hydroxylation is 1. The topological polar surface area (TPSA) is 28.2 Å². The van der Waals surface area contributed by atoms with E-state index in [9.17, 15) is 0 Å². The van der Waals surface area contributed by atoms with Crippen LogP contribution in [0.3, 0.4) is 0 Å². The summed E-state index contributed by atoms with van der Waals surface area (Å²) in [4.78, 5) is 7.19. The highest BCUT2D eigenvalue weighted by Crippen LogP contribution is 2.27. The van der Waals surface area contributed by atoms with Crippen molar-refractivity contribution in [3.63, 3.8) is 0 Å². The van der Waals surface area contributed by atoms with Gasteiger partial charge in [0.2, 0.25) is 0 Å². The molecule has 17 heavy (non-hydrogen) atoms. The van der Waals surface area contributed by atoms with E-state index < -0.39 is 0 Å². The smallest absolute Gasteiger partial charge is 0.128 e. The Labute approximate surface area is 103 Å². The molecule has 3 rings (SSSR count). The zero-order valence-electron chi connectivity index (χ0n) is 10.6. The van der Waals surface area contributed by atoms with Crippen LogP contribution in [0.25, 0.3) is 0 Å². The number of nitrogens with zero attached hydrogens (tertiary/aromatic N) is 2. The minimum absolute atomic E-state index is 0.537. The Morgan fingerprint density at radius 2 is 2.06 bits per heavy atom. The van der Waals surface area contributed by atoms with E-state index in [0.29, 0.717) is 6.04 Å². The molecule has 0 saturated carbocycles. The van der Waals surface area contributed by atoms with Gasteiger partial charge in [-0.2, -0.15) is 0 Å². The van der Waals surface area contributed by atoms with Crippen molar-refractivity contribution in [1.82, 2.24) is 10.3 Å². The minimum Gasteiger partial charge on any atom is -0.357 e. The van der Waals surface area contributed by atoms with Gasteiger partial charge in [-0.3, -0.25) is 0 Å². The lowest BCUT2D eigenvalue weighted by molar-refractivity contribution is 0.639. The quantitative estimate of drug-likeness (QED) is 0.847. The van der Waals surface area contributed by atoms with Gasteiger partial charge >= 0.3 is 0 Å². The second-order valence-electron chi connectivity index (χ2n) is 5.19. The van der Waals surface area contributed by atoms with Gasteiger partial charge in [0.15, 0.2) is 0 Å². The molecule has 0 aromatic carbocycles. The van der Waals surface area contributed by atoms with Crippen molar-refractivity contribution in [3.8, 4) is 0 Å². The van der Waals surface area contributed by atoms with Gasteiger partial charge in [-0.05, 0) is 50.8 Å². The van der Waals surface area contributed by atoms with E-state index in [2.05, 4.69) is 29.3 Å². The molecule has 1 N–H and O–H groups in total. The molecule has 92 valence electrons. The maximum Gasteiger partial charge on any atom is 0.128 e. The minimum atomic E-state index is 0.537. The van der Waals surface area contributed by atoms with Gasteiger partial charge in [0, 0.05) is 24.8 Å². The zero-order valence-corrected chi connectivity index (χ0v) is 10.6. The molecular weight excluding hydrogens is 210 g/mol. The Kier molecular flexibility index (Phi) is 3.02. The largest absolute Gasteiger partial charge is 0.357 e. The van der Waals surface area contributed by atoms with Crippen LogP contribution in [0.1, 0.15) is 43.0 Å². The van der Waals surface area contributed by atoms with E-state index in [-0.39, 0.29) is 0 Å². The standard InChI is InChI=1S/C14H21N3/c1-11-12(13-5-4-8-15-13)6-7-14(16-11)17-9-2-3-10-17/h6-7,13,15H,2-5,8-10H2,1H3/t13-/m1/s1. The number of rotatable bonds is 2. The summed E-state index contributed by atoms with van der Waals surface area (Å²) in [5.41, 5.74) is 2.60. The van der Waals surface area contributed by atoms with E-state index in [0.717, 1.165) is 6.54 Å². The Morgan fingerprint density at radius 1 is 1.24 bits per heavy atom. The summed E-state index contributed by atoms with van der Waals surface area (Å²) in [6.07, 6.45) is 5.17. The van der Waals surface area contributed by atoms with Crippen LogP contribution in [0.15, 0.2) is 12.1 Å². The number of aromatic nitrogens is 1. The molecule has 2 aliphatic rings. The first-order chi connectivity index (χ1) is 8.34. The van der Waals surface area contributed by atoms with Gasteiger partial charge in [0.1, 0.15) is 5.82 Å². The monoisotopic (exact) mass is 231 g/mol. The average Bonchev–Trinajstić information content (AvgIpc) is 3.02. The molecule has 0 bridgehead atoms. The lowest BCUT2D eigenvalue weighted by Gasteiger charge is -2.19. The van der Waals surface area contributed by atoms with Crippen LogP contribution in [0.2, 0.25) is 0 Å². The van der Waals surface area contributed by atoms with Crippen molar-refractivity contribution in [3.05, 3.63) is 23.4 Å². The van der Waals surface area contributed by atoms with Gasteiger partial charge in [-0.25, -0.2) is 4.98 Å². The van der Waals surface area contributed by atoms with Crippen LogP contribution in [-0.2, 0) is 0 Å². The summed E-state index contributed by atoms with van der Waals surface area (Å²) in [6.45, 7) is 5.65. The van der Waals surface area contributed by atoms with E-state index in [1.807, 2.05) is 0 Å². The Hall–Kier alpha value is -1.09. The van der Waals surface area contributed by atoms with Crippen LogP contribution < -0.4 is 10.2 Å². The number of nitrogens with one attached hydrogen (secondary N) is 1. The molecule has 1 atom stereocenters. The summed E-state index contributed by atoms with van der Waals surface area (Å²) in [7, 11) is 0. The molecule has 2 fully saturated rings. The van der Waals surface area contributed by atoms with Crippen LogP contribution in [0.4, 0.5) is 5.82 Å². The lowest BCUT2D eigenvalue weighted by atomic mass is 10.0. The van der Waals surface area contributed by atoms with Crippen LogP contribution in [0, 0.1) is 6.92 Å². The summed E-state index contributed by atoms with van der Waals surface area (Å²) >= 11 is 0. The second-order valence-corrected chi connectivity index (χ2v) is 5.19. The van der Waals surface area contributed by atoms with Gasteiger partial charge in [-0.1, -0.05) is 6.07 Å². The highest BCUT2D eigenvalue weighted by atomic mass is 15.2. The third-order valence-corrected chi connectivity index (χ3v) is 3.98. The molecule has 0 radical (unpaired) electrons. The molecule has 2 aliphatic heterocycles. The Balaban J connectivity index is 1.82. The normalized spacial score (nSPS) is 24.5. The molecule has 0 amide bonds. The van der Waals surface area contributed by atoms with Crippen molar-refractivity contribution in [2.75, 3.05) is 24.5 Å². The Bertz CT molecular complexity index is 390. The van der Waals surface area contributed by atoms with E-state index in [1.165, 1.54) is 55.8 Å². The first-order valence-corrected chi connectivity index (χ1v) is 6.80. The van der Waals surface area contributed by atoms with Crippen LogP contribution >= 0.6 is 0 Å². The lowest BCUT2D eigenvalue weighted by Crippen LogP contribution is -2.20. The highest BCUT2D eigenvalue weighted by molar-refractivity contribution is 5.43. The molecule has 0 spiro atoms. The summed E-state index contributed by atoms with van der Waals surface area (Å²) in [5, 5.41) is 3.55. The number of pyridine rings is 1. The number of anilines is 1. The van der Waals surface area contributed by atoms with Crippen molar-refractivity contribution in [2.45, 2.75) is 38.6 Å². The van der Waals surface area contributed by atoms with Crippen LogP contribution in [-0.4, -0.2) is 24.6 Å². The van der Waals surface area contributed by atoms with Crippen molar-refractivity contribution in [1.29, 1.82) is 0 Å². The van der Waals surface area contributed by atoms with E-state index >= 15 is 0 Å². The predicted molar refractivity (Wildman–Crippen MR) is 70.4 cm³/mol. The predicted octanol–water partition coefficient (Wildman–Crippen LogP) is 2.41. The zero-order chi connectivity index (χ0) is 11.7. The molecular formula is C14H21N3. The van der Waals surface area contributed by atoms with Crippen molar-refractivity contribution >= 4 is 5.82 Å². The average molecular weight is 231 g/mol. The molecule has 3 nitrogen and oxygen atoms in total. The maximum atomic E-state index is 4.79. The van der Waals surface area contributed by atoms with Crippen molar-refractivity contribution < 1.29 is 0 Å². The highest BCUT2D eigenvalue weighted by Gasteiger charge is 2.20. The molecule has 0 aliphatic carbocycles. The second kappa shape index (κ2) is 4.65. The third kappa shape index (κ3) is 2.16. The molecule has 1 aromatic rings. The maximum absolute atomic E-state index is 4.79. The summed E-state index contributed by atoms with van der Waals surface area (Å²) in [6, 6.07) is 5.02. The summed E-state index contributed by atoms with van der Waals surface area (Å²) in [5.74, 6) is 1.17. The SMILES string of the molecule is Cc1nc(N2CCCC2)ccc1[C@H]1CCCN1. The van der Waals surface area contributed by atoms with Gasteiger partial charge in [0.05, 0.1) is 0 Å². The number of hydrogen-bond acceptors (Lipinski definition) is 3. The van der Waals surface area contributed by atoms with Gasteiger partial charge < -0.3 is 10.2 Å². The number of hydrogen-bond donors (Lipinski definition) is 1.